The quantitative estimate of drug-likeness (QED) is 0.890. The molecule has 0 aromatic heterocycles. The highest BCUT2D eigenvalue weighted by Crippen LogP contribution is 2.31. The van der Waals surface area contributed by atoms with Gasteiger partial charge >= 0.3 is 0 Å². The number of amides is 2. The number of carbonyl (C=O) groups is 2. The molecule has 2 aromatic rings. The molecule has 1 aliphatic rings. The highest BCUT2D eigenvalue weighted by Gasteiger charge is 2.29. The number of ether oxygens (including phenoxy) is 1. The van der Waals surface area contributed by atoms with Crippen molar-refractivity contribution in [2.24, 2.45) is 0 Å². The number of aryl methyl sites for hydroxylation is 1. The molecule has 1 atom stereocenters. The lowest BCUT2D eigenvalue weighted by molar-refractivity contribution is -0.128. The zero-order chi connectivity index (χ0) is 18.0. The van der Waals surface area contributed by atoms with Crippen molar-refractivity contribution in [2.45, 2.75) is 39.2 Å². The first-order chi connectivity index (χ1) is 11.9. The van der Waals surface area contributed by atoms with Gasteiger partial charge in [0, 0.05) is 5.69 Å². The average molecular weight is 338 g/mol. The topological polar surface area (TPSA) is 67.4 Å². The van der Waals surface area contributed by atoms with Crippen LogP contribution in [0.3, 0.4) is 0 Å². The molecule has 1 aliphatic heterocycles. The second kappa shape index (κ2) is 6.97. The van der Waals surface area contributed by atoms with Crippen LogP contribution < -0.4 is 15.4 Å². The molecule has 0 saturated heterocycles. The van der Waals surface area contributed by atoms with Crippen LogP contribution in [0.15, 0.2) is 42.5 Å². The number of nitrogens with one attached hydrogen (secondary N) is 2. The summed E-state index contributed by atoms with van der Waals surface area (Å²) < 4.78 is 5.69. The molecule has 2 amide bonds. The minimum atomic E-state index is -0.829. The van der Waals surface area contributed by atoms with Crippen molar-refractivity contribution < 1.29 is 14.3 Å². The Labute approximate surface area is 147 Å². The fourth-order valence-corrected chi connectivity index (χ4v) is 2.73. The first-order valence-corrected chi connectivity index (χ1v) is 8.40. The van der Waals surface area contributed by atoms with E-state index in [4.69, 9.17) is 4.74 Å². The normalized spacial score (nSPS) is 16.0. The van der Waals surface area contributed by atoms with Crippen LogP contribution in [-0.4, -0.2) is 17.9 Å². The van der Waals surface area contributed by atoms with Gasteiger partial charge in [0.15, 0.2) is 6.10 Å². The molecule has 2 aromatic carbocycles. The second-order valence-electron chi connectivity index (χ2n) is 6.62. The molecule has 0 unspecified atom stereocenters. The summed E-state index contributed by atoms with van der Waals surface area (Å²) in [5.74, 6) is 0.466. The van der Waals surface area contributed by atoms with E-state index in [-0.39, 0.29) is 18.2 Å². The molecule has 0 bridgehead atoms. The van der Waals surface area contributed by atoms with Crippen LogP contribution in [0.4, 0.5) is 11.4 Å². The van der Waals surface area contributed by atoms with E-state index < -0.39 is 6.10 Å². The lowest BCUT2D eigenvalue weighted by atomic mass is 10.0. The molecular weight excluding hydrogens is 316 g/mol. The summed E-state index contributed by atoms with van der Waals surface area (Å²) in [6.45, 7) is 6.18. The summed E-state index contributed by atoms with van der Waals surface area (Å²) in [6.07, 6.45) is -0.865. The number of benzene rings is 2. The van der Waals surface area contributed by atoms with E-state index in [2.05, 4.69) is 24.5 Å². The Morgan fingerprint density at radius 1 is 1.20 bits per heavy atom. The van der Waals surface area contributed by atoms with Gasteiger partial charge in [0.1, 0.15) is 5.75 Å². The summed E-state index contributed by atoms with van der Waals surface area (Å²) in [4.78, 5) is 24.4. The smallest absolute Gasteiger partial charge is 0.266 e. The molecule has 0 fully saturated rings. The molecule has 0 aliphatic carbocycles. The number of anilines is 2. The first kappa shape index (κ1) is 17.0. The number of fused-ring (bicyclic) bond motifs is 1. The minimum absolute atomic E-state index is 0.0366. The van der Waals surface area contributed by atoms with E-state index in [9.17, 15) is 9.59 Å². The molecule has 5 heteroatoms. The highest BCUT2D eigenvalue weighted by atomic mass is 16.5. The van der Waals surface area contributed by atoms with E-state index in [1.165, 1.54) is 5.56 Å². The molecular formula is C20H22N2O3. The SMILES string of the molecule is Cc1ccc2c(c1)NC(=O)[C@H](CC(=O)Nc1ccc(C(C)C)cc1)O2. The molecule has 1 heterocycles. The van der Waals surface area contributed by atoms with E-state index in [1.54, 1.807) is 6.07 Å². The van der Waals surface area contributed by atoms with Gasteiger partial charge in [-0.25, -0.2) is 0 Å². The van der Waals surface area contributed by atoms with E-state index >= 15 is 0 Å². The number of hydrogen-bond acceptors (Lipinski definition) is 3. The average Bonchev–Trinajstić information content (AvgIpc) is 2.56. The minimum Gasteiger partial charge on any atom is -0.478 e. The molecule has 5 nitrogen and oxygen atoms in total. The zero-order valence-electron chi connectivity index (χ0n) is 14.6. The van der Waals surface area contributed by atoms with Gasteiger partial charge in [-0.15, -0.1) is 0 Å². The van der Waals surface area contributed by atoms with Crippen molar-refractivity contribution in [1.29, 1.82) is 0 Å². The van der Waals surface area contributed by atoms with Crippen molar-refractivity contribution in [3.05, 3.63) is 53.6 Å². The van der Waals surface area contributed by atoms with Gasteiger partial charge in [0.05, 0.1) is 12.1 Å². The Morgan fingerprint density at radius 2 is 1.92 bits per heavy atom. The third kappa shape index (κ3) is 3.99. The van der Waals surface area contributed by atoms with Gasteiger partial charge in [-0.3, -0.25) is 9.59 Å². The monoisotopic (exact) mass is 338 g/mol. The van der Waals surface area contributed by atoms with Gasteiger partial charge in [0.2, 0.25) is 5.91 Å². The van der Waals surface area contributed by atoms with Crippen LogP contribution in [0, 0.1) is 6.92 Å². The summed E-state index contributed by atoms with van der Waals surface area (Å²) in [5.41, 5.74) is 3.59. The predicted molar refractivity (Wildman–Crippen MR) is 98.0 cm³/mol. The molecule has 0 radical (unpaired) electrons. The fourth-order valence-electron chi connectivity index (χ4n) is 2.73. The van der Waals surface area contributed by atoms with Crippen LogP contribution in [0.25, 0.3) is 0 Å². The van der Waals surface area contributed by atoms with Crippen LogP contribution in [0.5, 0.6) is 5.75 Å². The largest absolute Gasteiger partial charge is 0.478 e. The molecule has 3 rings (SSSR count). The maximum Gasteiger partial charge on any atom is 0.266 e. The number of rotatable bonds is 4. The lowest BCUT2D eigenvalue weighted by Crippen LogP contribution is -2.39. The van der Waals surface area contributed by atoms with Crippen molar-refractivity contribution in [3.63, 3.8) is 0 Å². The Hall–Kier alpha value is -2.82. The van der Waals surface area contributed by atoms with Crippen molar-refractivity contribution in [3.8, 4) is 5.75 Å². The Morgan fingerprint density at radius 3 is 2.60 bits per heavy atom. The van der Waals surface area contributed by atoms with Gasteiger partial charge in [-0.1, -0.05) is 32.0 Å². The van der Waals surface area contributed by atoms with Crippen molar-refractivity contribution in [2.75, 3.05) is 10.6 Å². The van der Waals surface area contributed by atoms with Gasteiger partial charge in [-0.05, 0) is 48.2 Å². The van der Waals surface area contributed by atoms with Crippen molar-refractivity contribution in [1.82, 2.24) is 0 Å². The van der Waals surface area contributed by atoms with E-state index in [0.717, 1.165) is 5.56 Å². The summed E-state index contributed by atoms with van der Waals surface area (Å²) in [6, 6.07) is 13.3. The molecule has 0 spiro atoms. The van der Waals surface area contributed by atoms with Gasteiger partial charge < -0.3 is 15.4 Å². The summed E-state index contributed by atoms with van der Waals surface area (Å²) in [5, 5.41) is 5.61. The molecule has 25 heavy (non-hydrogen) atoms. The van der Waals surface area contributed by atoms with E-state index in [0.29, 0.717) is 23.0 Å². The Kier molecular flexibility index (Phi) is 4.74. The standard InChI is InChI=1S/C20H22N2O3/c1-12(2)14-5-7-15(8-6-14)21-19(23)11-18-20(24)22-16-10-13(3)4-9-17(16)25-18/h4-10,12,18H,11H2,1-3H3,(H,21,23)(H,22,24)/t18-/m0/s1. The predicted octanol–water partition coefficient (Wildman–Crippen LogP) is 3.85. The maximum atomic E-state index is 12.2. The van der Waals surface area contributed by atoms with Gasteiger partial charge in [-0.2, -0.15) is 0 Å². The third-order valence-corrected chi connectivity index (χ3v) is 4.19. The molecule has 2 N–H and O–H groups in total. The van der Waals surface area contributed by atoms with Crippen LogP contribution >= 0.6 is 0 Å². The van der Waals surface area contributed by atoms with Crippen LogP contribution in [0.2, 0.25) is 0 Å². The molecule has 0 saturated carbocycles. The van der Waals surface area contributed by atoms with Crippen LogP contribution in [-0.2, 0) is 9.59 Å². The summed E-state index contributed by atoms with van der Waals surface area (Å²) >= 11 is 0. The van der Waals surface area contributed by atoms with E-state index in [1.807, 2.05) is 43.3 Å². The molecule has 130 valence electrons. The third-order valence-electron chi connectivity index (χ3n) is 4.19. The highest BCUT2D eigenvalue weighted by molar-refractivity contribution is 6.02. The van der Waals surface area contributed by atoms with Crippen molar-refractivity contribution >= 4 is 23.2 Å². The number of carbonyl (C=O) groups excluding carboxylic acids is 2. The Bertz CT molecular complexity index is 797. The maximum absolute atomic E-state index is 12.2. The summed E-state index contributed by atoms with van der Waals surface area (Å²) in [7, 11) is 0. The van der Waals surface area contributed by atoms with Crippen LogP contribution in [0.1, 0.15) is 37.3 Å². The Balaban J connectivity index is 1.63. The number of hydrogen-bond donors (Lipinski definition) is 2. The zero-order valence-corrected chi connectivity index (χ0v) is 14.6. The fraction of sp³-hybridized carbons (Fsp3) is 0.300. The van der Waals surface area contributed by atoms with Gasteiger partial charge in [0.25, 0.3) is 5.91 Å². The lowest BCUT2D eigenvalue weighted by Gasteiger charge is -2.25. The second-order valence-corrected chi connectivity index (χ2v) is 6.62. The first-order valence-electron chi connectivity index (χ1n) is 8.40.